The molecule has 7 nitrogen and oxygen atoms in total. The van der Waals surface area contributed by atoms with Gasteiger partial charge in [0.2, 0.25) is 11.1 Å². The molecule has 1 aromatic carbocycles. The van der Waals surface area contributed by atoms with E-state index in [2.05, 4.69) is 31.5 Å². The van der Waals surface area contributed by atoms with Gasteiger partial charge in [-0.15, -0.1) is 5.10 Å². The van der Waals surface area contributed by atoms with Gasteiger partial charge < -0.3 is 9.64 Å². The Labute approximate surface area is 152 Å². The van der Waals surface area contributed by atoms with Gasteiger partial charge in [0.25, 0.3) is 0 Å². The summed E-state index contributed by atoms with van der Waals surface area (Å²) >= 11 is 4.83. The Hall–Kier alpha value is -1.61. The number of halogens is 1. The summed E-state index contributed by atoms with van der Waals surface area (Å²) in [5.74, 6) is 1.09. The Morgan fingerprint density at radius 2 is 2.29 bits per heavy atom. The Kier molecular flexibility index (Phi) is 5.40. The zero-order valence-electron chi connectivity index (χ0n) is 13.5. The zero-order chi connectivity index (χ0) is 17.1. The Morgan fingerprint density at radius 3 is 3.00 bits per heavy atom. The summed E-state index contributed by atoms with van der Waals surface area (Å²) in [6, 6.07) is 6.17. The topological polar surface area (TPSA) is 73.1 Å². The van der Waals surface area contributed by atoms with Crippen LogP contribution in [0.25, 0.3) is 0 Å². The van der Waals surface area contributed by atoms with E-state index in [-0.39, 0.29) is 5.91 Å². The van der Waals surface area contributed by atoms with Gasteiger partial charge in [-0.05, 0) is 41.5 Å². The molecule has 1 fully saturated rings. The first-order valence-electron chi connectivity index (χ1n) is 7.55. The molecule has 0 radical (unpaired) electrons. The maximum absolute atomic E-state index is 12.4. The molecule has 9 heteroatoms. The van der Waals surface area contributed by atoms with E-state index in [4.69, 9.17) is 4.74 Å². The van der Waals surface area contributed by atoms with Crippen molar-refractivity contribution in [3.63, 3.8) is 0 Å². The van der Waals surface area contributed by atoms with Crippen molar-refractivity contribution in [1.82, 2.24) is 25.1 Å². The van der Waals surface area contributed by atoms with Gasteiger partial charge in [-0.1, -0.05) is 27.7 Å². The Balaban J connectivity index is 1.58. The Morgan fingerprint density at radius 1 is 1.50 bits per heavy atom. The number of hydrogen-bond acceptors (Lipinski definition) is 6. The van der Waals surface area contributed by atoms with Crippen LogP contribution >= 0.6 is 27.7 Å². The molecular weight excluding hydrogens is 394 g/mol. The van der Waals surface area contributed by atoms with Crippen LogP contribution < -0.4 is 4.74 Å². The number of carbonyl (C=O) groups is 1. The molecule has 1 aromatic heterocycles. The second kappa shape index (κ2) is 7.52. The number of benzene rings is 1. The molecule has 1 saturated carbocycles. The smallest absolute Gasteiger partial charge is 0.233 e. The third-order valence-corrected chi connectivity index (χ3v) is 5.17. The number of carbonyl (C=O) groups excluding carboxylic acids is 1. The number of rotatable bonds is 7. The molecule has 24 heavy (non-hydrogen) atoms. The fraction of sp³-hybridized carbons (Fsp3) is 0.467. The average Bonchev–Trinajstić information content (AvgIpc) is 3.31. The average molecular weight is 412 g/mol. The maximum atomic E-state index is 12.4. The van der Waals surface area contributed by atoms with E-state index in [0.29, 0.717) is 23.5 Å². The fourth-order valence-electron chi connectivity index (χ4n) is 2.28. The van der Waals surface area contributed by atoms with Crippen molar-refractivity contribution in [2.45, 2.75) is 30.6 Å². The normalized spacial score (nSPS) is 13.8. The van der Waals surface area contributed by atoms with Crippen molar-refractivity contribution in [1.29, 1.82) is 0 Å². The summed E-state index contributed by atoms with van der Waals surface area (Å²) in [6.45, 7) is 0.482. The van der Waals surface area contributed by atoms with Gasteiger partial charge in [0.05, 0.1) is 18.9 Å². The van der Waals surface area contributed by atoms with Crippen LogP contribution in [0.3, 0.4) is 0 Å². The van der Waals surface area contributed by atoms with Crippen LogP contribution in [0.4, 0.5) is 0 Å². The molecule has 1 amide bonds. The summed E-state index contributed by atoms with van der Waals surface area (Å²) in [7, 11) is 3.41. The number of nitrogens with zero attached hydrogens (tertiary/aromatic N) is 5. The lowest BCUT2D eigenvalue weighted by molar-refractivity contribution is -0.127. The molecule has 1 heterocycles. The highest BCUT2D eigenvalue weighted by Gasteiger charge is 2.28. The Bertz CT molecular complexity index is 734. The quantitative estimate of drug-likeness (QED) is 0.651. The highest BCUT2D eigenvalue weighted by atomic mass is 79.9. The number of amides is 1. The fourth-order valence-corrected chi connectivity index (χ4v) is 3.57. The van der Waals surface area contributed by atoms with Crippen LogP contribution in [-0.4, -0.2) is 50.9 Å². The van der Waals surface area contributed by atoms with Crippen molar-refractivity contribution in [2.75, 3.05) is 19.9 Å². The second-order valence-electron chi connectivity index (χ2n) is 5.63. The molecule has 0 aliphatic heterocycles. The number of ether oxygens (including phenoxy) is 1. The first-order chi connectivity index (χ1) is 11.6. The molecule has 0 saturated heterocycles. The zero-order valence-corrected chi connectivity index (χ0v) is 15.9. The van der Waals surface area contributed by atoms with E-state index in [1.165, 1.54) is 11.8 Å². The lowest BCUT2D eigenvalue weighted by Gasteiger charge is -2.19. The van der Waals surface area contributed by atoms with Gasteiger partial charge >= 0.3 is 0 Å². The first kappa shape index (κ1) is 17.2. The lowest BCUT2D eigenvalue weighted by atomic mass is 10.2. The van der Waals surface area contributed by atoms with Crippen LogP contribution in [0.15, 0.2) is 27.8 Å². The maximum Gasteiger partial charge on any atom is 0.233 e. The van der Waals surface area contributed by atoms with Crippen molar-refractivity contribution in [3.8, 4) is 5.75 Å². The molecular formula is C15H18BrN5O2S. The monoisotopic (exact) mass is 411 g/mol. The van der Waals surface area contributed by atoms with E-state index >= 15 is 0 Å². The van der Waals surface area contributed by atoms with Crippen LogP contribution in [-0.2, 0) is 11.3 Å². The largest absolute Gasteiger partial charge is 0.496 e. The molecule has 0 atom stereocenters. The molecule has 0 N–H and O–H groups in total. The summed E-state index contributed by atoms with van der Waals surface area (Å²) in [4.78, 5) is 14.1. The van der Waals surface area contributed by atoms with E-state index in [9.17, 15) is 4.79 Å². The number of tetrazole rings is 1. The van der Waals surface area contributed by atoms with E-state index in [1.54, 1.807) is 19.1 Å². The summed E-state index contributed by atoms with van der Waals surface area (Å²) in [5, 5.41) is 12.4. The molecule has 0 spiro atoms. The third-order valence-electron chi connectivity index (χ3n) is 3.76. The minimum Gasteiger partial charge on any atom is -0.496 e. The van der Waals surface area contributed by atoms with Crippen molar-refractivity contribution in [2.24, 2.45) is 0 Å². The number of thioether (sulfide) groups is 1. The standard InChI is InChI=1S/C15H18BrN5O2S/c1-20(8-10-7-11(16)3-6-13(10)23-2)14(22)9-24-15-17-18-19-21(15)12-4-5-12/h3,6-7,12H,4-5,8-9H2,1-2H3. The summed E-state index contributed by atoms with van der Waals surface area (Å²) in [5.41, 5.74) is 0.954. The predicted octanol–water partition coefficient (Wildman–Crippen LogP) is 2.53. The SMILES string of the molecule is COc1ccc(Br)cc1CN(C)C(=O)CSc1nnnn1C1CC1. The minimum atomic E-state index is 0.0207. The van der Waals surface area contributed by atoms with E-state index in [1.807, 2.05) is 22.9 Å². The van der Waals surface area contributed by atoms with Gasteiger partial charge in [-0.3, -0.25) is 4.79 Å². The van der Waals surface area contributed by atoms with Crippen molar-refractivity contribution >= 4 is 33.6 Å². The van der Waals surface area contributed by atoms with Crippen LogP contribution in [0.1, 0.15) is 24.4 Å². The second-order valence-corrected chi connectivity index (χ2v) is 7.49. The first-order valence-corrected chi connectivity index (χ1v) is 9.33. The number of aromatic nitrogens is 4. The van der Waals surface area contributed by atoms with Gasteiger partial charge in [0.15, 0.2) is 0 Å². The third kappa shape index (κ3) is 4.07. The van der Waals surface area contributed by atoms with E-state index in [0.717, 1.165) is 28.6 Å². The van der Waals surface area contributed by atoms with Crippen molar-refractivity contribution < 1.29 is 9.53 Å². The van der Waals surface area contributed by atoms with Crippen LogP contribution in [0.2, 0.25) is 0 Å². The lowest BCUT2D eigenvalue weighted by Crippen LogP contribution is -2.28. The molecule has 0 unspecified atom stereocenters. The van der Waals surface area contributed by atoms with Crippen molar-refractivity contribution in [3.05, 3.63) is 28.2 Å². The number of methoxy groups -OCH3 is 1. The van der Waals surface area contributed by atoms with Crippen LogP contribution in [0.5, 0.6) is 5.75 Å². The van der Waals surface area contributed by atoms with Crippen LogP contribution in [0, 0.1) is 0 Å². The minimum absolute atomic E-state index is 0.0207. The number of hydrogen-bond donors (Lipinski definition) is 0. The molecule has 1 aliphatic carbocycles. The van der Waals surface area contributed by atoms with Gasteiger partial charge in [-0.2, -0.15) is 0 Å². The summed E-state index contributed by atoms with van der Waals surface area (Å²) in [6.07, 6.45) is 2.21. The molecule has 128 valence electrons. The molecule has 2 aromatic rings. The van der Waals surface area contributed by atoms with E-state index < -0.39 is 0 Å². The highest BCUT2D eigenvalue weighted by molar-refractivity contribution is 9.10. The van der Waals surface area contributed by atoms with Gasteiger partial charge in [0.1, 0.15) is 5.75 Å². The van der Waals surface area contributed by atoms with Gasteiger partial charge in [-0.25, -0.2) is 4.68 Å². The molecule has 1 aliphatic rings. The summed E-state index contributed by atoms with van der Waals surface area (Å²) < 4.78 is 8.13. The molecule has 0 bridgehead atoms. The highest BCUT2D eigenvalue weighted by Crippen LogP contribution is 2.36. The molecule has 3 rings (SSSR count). The van der Waals surface area contributed by atoms with Gasteiger partial charge in [0, 0.05) is 23.6 Å². The predicted molar refractivity (Wildman–Crippen MR) is 94.0 cm³/mol.